The second-order valence-corrected chi connectivity index (χ2v) is 11.3. The molecular formula is C26H22BrNO6S2. The maximum Gasteiger partial charge on any atom is 0.339 e. The molecule has 186 valence electrons. The first-order valence-corrected chi connectivity index (χ1v) is 14.0. The highest BCUT2D eigenvalue weighted by molar-refractivity contribution is 9.10. The van der Waals surface area contributed by atoms with Crippen LogP contribution in [-0.2, 0) is 21.5 Å². The van der Waals surface area contributed by atoms with E-state index in [9.17, 15) is 18.0 Å². The van der Waals surface area contributed by atoms with Crippen LogP contribution in [0.15, 0.2) is 81.0 Å². The lowest BCUT2D eigenvalue weighted by molar-refractivity contribution is -0.123. The predicted molar refractivity (Wildman–Crippen MR) is 142 cm³/mol. The number of halogens is 1. The van der Waals surface area contributed by atoms with Crippen molar-refractivity contribution in [1.82, 2.24) is 4.90 Å². The van der Waals surface area contributed by atoms with Crippen molar-refractivity contribution in [1.29, 1.82) is 0 Å². The van der Waals surface area contributed by atoms with E-state index in [-0.39, 0.29) is 39.7 Å². The van der Waals surface area contributed by atoms with Crippen molar-refractivity contribution in [3.8, 4) is 11.5 Å². The number of hydrogen-bond donors (Lipinski definition) is 0. The molecule has 0 N–H and O–H groups in total. The predicted octanol–water partition coefficient (Wildman–Crippen LogP) is 6.16. The molecule has 0 radical (unpaired) electrons. The SMILES string of the molecule is CCOc1cc(/C=C2\SC(=O)N(Cc3ccccc3)C2=O)cc(Br)c1OS(=O)(=O)c1ccc(C)cc1. The van der Waals surface area contributed by atoms with Crippen LogP contribution in [0.25, 0.3) is 6.08 Å². The van der Waals surface area contributed by atoms with Gasteiger partial charge < -0.3 is 8.92 Å². The monoisotopic (exact) mass is 587 g/mol. The smallest absolute Gasteiger partial charge is 0.339 e. The van der Waals surface area contributed by atoms with Crippen LogP contribution in [0.4, 0.5) is 4.79 Å². The molecule has 4 rings (SSSR count). The standard InChI is InChI=1S/C26H22BrNO6S2/c1-3-33-22-14-19(13-21(27)24(22)34-36(31,32)20-11-9-17(2)10-12-20)15-23-25(29)28(26(30)35-23)16-18-7-5-4-6-8-18/h4-15H,3,16H2,1-2H3/b23-15-. The van der Waals surface area contributed by atoms with Gasteiger partial charge in [-0.3, -0.25) is 14.5 Å². The molecule has 36 heavy (non-hydrogen) atoms. The van der Waals surface area contributed by atoms with Crippen molar-refractivity contribution >= 4 is 55.0 Å². The van der Waals surface area contributed by atoms with Gasteiger partial charge in [-0.2, -0.15) is 8.42 Å². The minimum Gasteiger partial charge on any atom is -0.490 e. The summed E-state index contributed by atoms with van der Waals surface area (Å²) in [4.78, 5) is 26.9. The summed E-state index contributed by atoms with van der Waals surface area (Å²) in [6.45, 7) is 4.05. The Labute approximate surface area is 222 Å². The van der Waals surface area contributed by atoms with Gasteiger partial charge in [0.15, 0.2) is 11.5 Å². The van der Waals surface area contributed by atoms with Crippen LogP contribution in [0, 0.1) is 6.92 Å². The van der Waals surface area contributed by atoms with Crippen LogP contribution in [0.3, 0.4) is 0 Å². The third kappa shape index (κ3) is 5.83. The van der Waals surface area contributed by atoms with Crippen molar-refractivity contribution in [2.75, 3.05) is 6.61 Å². The zero-order valence-corrected chi connectivity index (χ0v) is 22.7. The summed E-state index contributed by atoms with van der Waals surface area (Å²) < 4.78 is 37.1. The summed E-state index contributed by atoms with van der Waals surface area (Å²) in [6, 6.07) is 18.7. The lowest BCUT2D eigenvalue weighted by Crippen LogP contribution is -2.27. The second-order valence-electron chi connectivity index (χ2n) is 7.87. The summed E-state index contributed by atoms with van der Waals surface area (Å²) in [5, 5.41) is -0.358. The summed E-state index contributed by atoms with van der Waals surface area (Å²) in [5.41, 5.74) is 2.30. The lowest BCUT2D eigenvalue weighted by Gasteiger charge is -2.15. The first kappa shape index (κ1) is 26.0. The molecule has 0 saturated carbocycles. The highest BCUT2D eigenvalue weighted by Crippen LogP contribution is 2.41. The molecular weight excluding hydrogens is 566 g/mol. The second kappa shape index (κ2) is 10.9. The number of rotatable bonds is 8. The normalized spacial score (nSPS) is 15.0. The van der Waals surface area contributed by atoms with Crippen LogP contribution >= 0.6 is 27.7 Å². The van der Waals surface area contributed by atoms with Crippen molar-refractivity contribution in [2.45, 2.75) is 25.3 Å². The Bertz CT molecular complexity index is 1440. The topological polar surface area (TPSA) is 90.0 Å². The lowest BCUT2D eigenvalue weighted by atomic mass is 10.1. The molecule has 7 nitrogen and oxygen atoms in total. The van der Waals surface area contributed by atoms with E-state index in [1.54, 1.807) is 37.3 Å². The van der Waals surface area contributed by atoms with Gasteiger partial charge in [-0.05, 0) is 83.0 Å². The van der Waals surface area contributed by atoms with Gasteiger partial charge in [0.05, 0.1) is 22.5 Å². The average Bonchev–Trinajstić information content (AvgIpc) is 3.10. The molecule has 1 heterocycles. The van der Waals surface area contributed by atoms with E-state index in [1.165, 1.54) is 17.0 Å². The first-order valence-electron chi connectivity index (χ1n) is 10.9. The molecule has 0 spiro atoms. The fraction of sp³-hybridized carbons (Fsp3) is 0.154. The summed E-state index contributed by atoms with van der Waals surface area (Å²) in [6.07, 6.45) is 1.57. The Morgan fingerprint density at radius 2 is 1.72 bits per heavy atom. The Morgan fingerprint density at radius 3 is 2.39 bits per heavy atom. The first-order chi connectivity index (χ1) is 17.2. The molecule has 0 bridgehead atoms. The zero-order chi connectivity index (χ0) is 25.9. The molecule has 2 amide bonds. The molecule has 1 aliphatic heterocycles. The van der Waals surface area contributed by atoms with Gasteiger partial charge in [0.2, 0.25) is 0 Å². The van der Waals surface area contributed by atoms with Crippen molar-refractivity contribution < 1.29 is 26.9 Å². The number of carbonyl (C=O) groups excluding carboxylic acids is 2. The van der Waals surface area contributed by atoms with Crippen LogP contribution in [0.1, 0.15) is 23.6 Å². The van der Waals surface area contributed by atoms with Gasteiger partial charge in [0.1, 0.15) is 4.90 Å². The van der Waals surface area contributed by atoms with Gasteiger partial charge in [-0.25, -0.2) is 0 Å². The van der Waals surface area contributed by atoms with Crippen molar-refractivity contribution in [3.05, 3.63) is 92.8 Å². The molecule has 3 aromatic carbocycles. The Balaban J connectivity index is 1.62. The Morgan fingerprint density at radius 1 is 1.03 bits per heavy atom. The number of hydrogen-bond acceptors (Lipinski definition) is 7. The quantitative estimate of drug-likeness (QED) is 0.230. The number of nitrogens with zero attached hydrogens (tertiary/aromatic N) is 1. The van der Waals surface area contributed by atoms with E-state index >= 15 is 0 Å². The van der Waals surface area contributed by atoms with Gasteiger partial charge >= 0.3 is 10.1 Å². The zero-order valence-electron chi connectivity index (χ0n) is 19.4. The number of aryl methyl sites for hydroxylation is 1. The van der Waals surface area contributed by atoms with E-state index in [2.05, 4.69) is 15.9 Å². The van der Waals surface area contributed by atoms with E-state index in [4.69, 9.17) is 8.92 Å². The summed E-state index contributed by atoms with van der Waals surface area (Å²) >= 11 is 4.22. The number of imide groups is 1. The van der Waals surface area contributed by atoms with Crippen LogP contribution < -0.4 is 8.92 Å². The molecule has 0 unspecified atom stereocenters. The van der Waals surface area contributed by atoms with E-state index in [0.29, 0.717) is 10.0 Å². The minimum atomic E-state index is -4.12. The highest BCUT2D eigenvalue weighted by Gasteiger charge is 2.35. The van der Waals surface area contributed by atoms with Gasteiger partial charge in [-0.1, -0.05) is 48.0 Å². The fourth-order valence-corrected chi connectivity index (χ4v) is 5.87. The Kier molecular flexibility index (Phi) is 7.87. The summed E-state index contributed by atoms with van der Waals surface area (Å²) in [5.74, 6) is -0.228. The number of amides is 2. The molecule has 0 atom stereocenters. The molecule has 10 heteroatoms. The molecule has 0 aliphatic carbocycles. The van der Waals surface area contributed by atoms with Crippen LogP contribution in [0.5, 0.6) is 11.5 Å². The van der Waals surface area contributed by atoms with Crippen molar-refractivity contribution in [3.63, 3.8) is 0 Å². The average molecular weight is 589 g/mol. The number of carbonyl (C=O) groups is 2. The maximum atomic E-state index is 12.9. The molecule has 3 aromatic rings. The minimum absolute atomic E-state index is 0.00763. The molecule has 1 saturated heterocycles. The van der Waals surface area contributed by atoms with Crippen LogP contribution in [-0.4, -0.2) is 31.1 Å². The molecule has 1 aliphatic rings. The van der Waals surface area contributed by atoms with Gasteiger partial charge in [0.25, 0.3) is 11.1 Å². The molecule has 1 fully saturated rings. The number of ether oxygens (including phenoxy) is 1. The third-order valence-electron chi connectivity index (χ3n) is 5.19. The van der Waals surface area contributed by atoms with Crippen molar-refractivity contribution in [2.24, 2.45) is 0 Å². The van der Waals surface area contributed by atoms with Gasteiger partial charge in [-0.15, -0.1) is 0 Å². The third-order valence-corrected chi connectivity index (χ3v) is 7.92. The maximum absolute atomic E-state index is 12.9. The number of thioether (sulfide) groups is 1. The largest absolute Gasteiger partial charge is 0.490 e. The van der Waals surface area contributed by atoms with E-state index in [1.807, 2.05) is 37.3 Å². The molecule has 0 aromatic heterocycles. The number of benzene rings is 3. The van der Waals surface area contributed by atoms with Crippen LogP contribution in [0.2, 0.25) is 0 Å². The van der Waals surface area contributed by atoms with E-state index < -0.39 is 16.0 Å². The summed E-state index contributed by atoms with van der Waals surface area (Å²) in [7, 11) is -4.12. The van der Waals surface area contributed by atoms with E-state index in [0.717, 1.165) is 22.9 Å². The highest BCUT2D eigenvalue weighted by atomic mass is 79.9. The Hall–Kier alpha value is -3.08. The fourth-order valence-electron chi connectivity index (χ4n) is 3.43. The van der Waals surface area contributed by atoms with Gasteiger partial charge in [0, 0.05) is 0 Å².